The van der Waals surface area contributed by atoms with E-state index in [1.165, 1.54) is 0 Å². The molecule has 0 saturated carbocycles. The number of halogens is 1. The van der Waals surface area contributed by atoms with E-state index in [1.807, 2.05) is 31.0 Å². The lowest BCUT2D eigenvalue weighted by molar-refractivity contribution is 0.0563. The first kappa shape index (κ1) is 12.5. The van der Waals surface area contributed by atoms with Gasteiger partial charge in [-0.25, -0.2) is 4.98 Å². The van der Waals surface area contributed by atoms with E-state index in [-0.39, 0.29) is 6.04 Å². The molecule has 0 bridgehead atoms. The predicted octanol–water partition coefficient (Wildman–Crippen LogP) is 2.44. The maximum atomic E-state index is 9.92. The topological polar surface area (TPSA) is 36.4 Å². The van der Waals surface area contributed by atoms with Crippen molar-refractivity contribution in [3.63, 3.8) is 0 Å². The van der Waals surface area contributed by atoms with Crippen LogP contribution in [0.1, 0.15) is 20.8 Å². The molecule has 0 radical (unpaired) electrons. The summed E-state index contributed by atoms with van der Waals surface area (Å²) in [6, 6.07) is 3.80. The first-order valence-electron chi connectivity index (χ1n) is 4.89. The molecule has 0 aliphatic carbocycles. The highest BCUT2D eigenvalue weighted by molar-refractivity contribution is 9.10. The van der Waals surface area contributed by atoms with Crippen LogP contribution >= 0.6 is 15.9 Å². The molecule has 0 aromatic carbocycles. The Morgan fingerprint density at radius 1 is 1.53 bits per heavy atom. The van der Waals surface area contributed by atoms with E-state index in [0.717, 1.165) is 10.3 Å². The fourth-order valence-corrected chi connectivity index (χ4v) is 1.83. The molecule has 1 atom stereocenters. The Labute approximate surface area is 99.3 Å². The third-order valence-corrected chi connectivity index (χ3v) is 3.30. The molecule has 0 aliphatic rings. The Bertz CT molecular complexity index is 336. The highest BCUT2D eigenvalue weighted by atomic mass is 79.9. The summed E-state index contributed by atoms with van der Waals surface area (Å²) in [5.41, 5.74) is -0.758. The van der Waals surface area contributed by atoms with Crippen molar-refractivity contribution in [3.8, 4) is 0 Å². The van der Waals surface area contributed by atoms with Crippen molar-refractivity contribution >= 4 is 21.7 Å². The van der Waals surface area contributed by atoms with Gasteiger partial charge in [0.05, 0.1) is 16.1 Å². The van der Waals surface area contributed by atoms with Crippen LogP contribution in [0, 0.1) is 0 Å². The van der Waals surface area contributed by atoms with Crippen LogP contribution in [-0.4, -0.2) is 28.8 Å². The molecule has 0 amide bonds. The Morgan fingerprint density at radius 2 is 2.13 bits per heavy atom. The summed E-state index contributed by atoms with van der Waals surface area (Å²) in [7, 11) is 1.93. The Hall–Kier alpha value is -0.610. The lowest BCUT2D eigenvalue weighted by Gasteiger charge is -2.35. The highest BCUT2D eigenvalue weighted by Gasteiger charge is 2.27. The molecule has 0 aliphatic heterocycles. The van der Waals surface area contributed by atoms with Gasteiger partial charge in [-0.2, -0.15) is 0 Å². The maximum Gasteiger partial charge on any atom is 0.142 e. The number of rotatable bonds is 3. The molecule has 1 unspecified atom stereocenters. The van der Waals surface area contributed by atoms with Crippen molar-refractivity contribution in [3.05, 3.63) is 22.8 Å². The van der Waals surface area contributed by atoms with E-state index in [9.17, 15) is 5.11 Å². The van der Waals surface area contributed by atoms with E-state index in [4.69, 9.17) is 0 Å². The van der Waals surface area contributed by atoms with Crippen LogP contribution in [0.5, 0.6) is 0 Å². The minimum absolute atomic E-state index is 0.0105. The number of anilines is 1. The second-order valence-corrected chi connectivity index (χ2v) is 5.10. The zero-order valence-electron chi connectivity index (χ0n) is 9.53. The van der Waals surface area contributed by atoms with E-state index >= 15 is 0 Å². The minimum atomic E-state index is -0.758. The minimum Gasteiger partial charge on any atom is -0.388 e. The second kappa shape index (κ2) is 4.49. The number of nitrogens with zero attached hydrogens (tertiary/aromatic N) is 2. The summed E-state index contributed by atoms with van der Waals surface area (Å²) >= 11 is 3.45. The molecular weight excluding hydrogens is 256 g/mol. The normalized spacial score (nSPS) is 13.7. The molecule has 15 heavy (non-hydrogen) atoms. The van der Waals surface area contributed by atoms with Crippen molar-refractivity contribution in [2.45, 2.75) is 32.4 Å². The summed E-state index contributed by atoms with van der Waals surface area (Å²) in [5.74, 6) is 0.840. The summed E-state index contributed by atoms with van der Waals surface area (Å²) in [6.07, 6.45) is 1.74. The third kappa shape index (κ3) is 2.92. The van der Waals surface area contributed by atoms with Gasteiger partial charge in [-0.05, 0) is 48.8 Å². The Morgan fingerprint density at radius 3 is 2.60 bits per heavy atom. The zero-order valence-corrected chi connectivity index (χ0v) is 11.1. The monoisotopic (exact) mass is 272 g/mol. The van der Waals surface area contributed by atoms with Crippen molar-refractivity contribution < 1.29 is 5.11 Å². The molecule has 0 saturated heterocycles. The van der Waals surface area contributed by atoms with Gasteiger partial charge in [0, 0.05) is 13.2 Å². The van der Waals surface area contributed by atoms with E-state index in [2.05, 4.69) is 20.9 Å². The van der Waals surface area contributed by atoms with Gasteiger partial charge in [-0.15, -0.1) is 0 Å². The molecule has 1 aromatic heterocycles. The van der Waals surface area contributed by atoms with E-state index in [1.54, 1.807) is 20.0 Å². The quantitative estimate of drug-likeness (QED) is 0.919. The average molecular weight is 273 g/mol. The van der Waals surface area contributed by atoms with Crippen LogP contribution in [0.3, 0.4) is 0 Å². The first-order chi connectivity index (χ1) is 6.84. The van der Waals surface area contributed by atoms with Crippen LogP contribution in [0.15, 0.2) is 22.8 Å². The molecule has 84 valence electrons. The lowest BCUT2D eigenvalue weighted by atomic mass is 10.00. The maximum absolute atomic E-state index is 9.92. The number of aromatic nitrogens is 1. The van der Waals surface area contributed by atoms with Gasteiger partial charge in [0.15, 0.2) is 0 Å². The number of aliphatic hydroxyl groups is 1. The van der Waals surface area contributed by atoms with Crippen molar-refractivity contribution in [1.29, 1.82) is 0 Å². The SMILES string of the molecule is CC(N(C)c1ncccc1Br)C(C)(C)O. The molecule has 1 aromatic rings. The largest absolute Gasteiger partial charge is 0.388 e. The standard InChI is InChI=1S/C11H17BrN2O/c1-8(11(2,3)15)14(4)10-9(12)6-5-7-13-10/h5-8,15H,1-4H3. The fourth-order valence-electron chi connectivity index (χ4n) is 1.29. The Balaban J connectivity index is 2.95. The molecule has 1 rings (SSSR count). The van der Waals surface area contributed by atoms with Gasteiger partial charge in [0.2, 0.25) is 0 Å². The number of pyridine rings is 1. The smallest absolute Gasteiger partial charge is 0.142 e. The number of hydrogen-bond donors (Lipinski definition) is 1. The summed E-state index contributed by atoms with van der Waals surface area (Å²) in [4.78, 5) is 6.24. The molecule has 1 N–H and O–H groups in total. The van der Waals surface area contributed by atoms with Crippen LogP contribution in [0.4, 0.5) is 5.82 Å². The first-order valence-corrected chi connectivity index (χ1v) is 5.69. The van der Waals surface area contributed by atoms with Crippen LogP contribution in [0.25, 0.3) is 0 Å². The molecular formula is C11H17BrN2O. The molecule has 3 nitrogen and oxygen atoms in total. The molecule has 0 fully saturated rings. The second-order valence-electron chi connectivity index (χ2n) is 4.25. The highest BCUT2D eigenvalue weighted by Crippen LogP contribution is 2.26. The van der Waals surface area contributed by atoms with Gasteiger partial charge in [-0.3, -0.25) is 0 Å². The van der Waals surface area contributed by atoms with Crippen LogP contribution in [-0.2, 0) is 0 Å². The van der Waals surface area contributed by atoms with Crippen LogP contribution in [0.2, 0.25) is 0 Å². The summed E-state index contributed by atoms with van der Waals surface area (Å²) in [6.45, 7) is 5.57. The van der Waals surface area contributed by atoms with Crippen molar-refractivity contribution in [2.24, 2.45) is 0 Å². The summed E-state index contributed by atoms with van der Waals surface area (Å²) in [5, 5.41) is 9.92. The van der Waals surface area contributed by atoms with Gasteiger partial charge in [0.1, 0.15) is 5.82 Å². The molecule has 1 heterocycles. The number of hydrogen-bond acceptors (Lipinski definition) is 3. The van der Waals surface area contributed by atoms with Gasteiger partial charge < -0.3 is 10.0 Å². The van der Waals surface area contributed by atoms with Gasteiger partial charge >= 0.3 is 0 Å². The predicted molar refractivity (Wildman–Crippen MR) is 66.1 cm³/mol. The lowest BCUT2D eigenvalue weighted by Crippen LogP contribution is -2.46. The fraction of sp³-hybridized carbons (Fsp3) is 0.545. The van der Waals surface area contributed by atoms with E-state index in [0.29, 0.717) is 0 Å². The average Bonchev–Trinajstić information content (AvgIpc) is 2.15. The Kier molecular flexibility index (Phi) is 3.73. The zero-order chi connectivity index (χ0) is 11.6. The van der Waals surface area contributed by atoms with Crippen LogP contribution < -0.4 is 4.90 Å². The molecule has 4 heteroatoms. The van der Waals surface area contributed by atoms with Crippen molar-refractivity contribution in [2.75, 3.05) is 11.9 Å². The van der Waals surface area contributed by atoms with Gasteiger partial charge in [0.25, 0.3) is 0 Å². The van der Waals surface area contributed by atoms with Gasteiger partial charge in [-0.1, -0.05) is 0 Å². The van der Waals surface area contributed by atoms with E-state index < -0.39 is 5.60 Å². The van der Waals surface area contributed by atoms with Crippen molar-refractivity contribution in [1.82, 2.24) is 4.98 Å². The third-order valence-electron chi connectivity index (χ3n) is 2.68. The number of likely N-dealkylation sites (N-methyl/N-ethyl adjacent to an activating group) is 1. The molecule has 0 spiro atoms. The summed E-state index contributed by atoms with van der Waals surface area (Å²) < 4.78 is 0.934.